The number of hydrogen-bond donors (Lipinski definition) is 0. The molecule has 4 nitrogen and oxygen atoms in total. The standard InChI is InChI=1S/C15H20ClF3N2O2S/c1-3-21-8-6-12(7-9-21)20(2)24(22,23)14-5-4-11(16)10-13(14)15(17,18)19/h4-5,10,12H,3,6-9H2,1-2H3. The average Bonchev–Trinajstić information content (AvgIpc) is 2.53. The maximum absolute atomic E-state index is 13.2. The Morgan fingerprint density at radius 1 is 1.29 bits per heavy atom. The van der Waals surface area contributed by atoms with Gasteiger partial charge >= 0.3 is 6.18 Å². The lowest BCUT2D eigenvalue weighted by atomic mass is 10.1. The fraction of sp³-hybridized carbons (Fsp3) is 0.600. The van der Waals surface area contributed by atoms with Crippen molar-refractivity contribution in [2.24, 2.45) is 0 Å². The quantitative estimate of drug-likeness (QED) is 0.798. The summed E-state index contributed by atoms with van der Waals surface area (Å²) < 4.78 is 66.2. The van der Waals surface area contributed by atoms with Gasteiger partial charge in [0.15, 0.2) is 0 Å². The minimum atomic E-state index is -4.79. The monoisotopic (exact) mass is 384 g/mol. The number of sulfonamides is 1. The third-order valence-electron chi connectivity index (χ3n) is 4.42. The van der Waals surface area contributed by atoms with Crippen LogP contribution in [0.5, 0.6) is 0 Å². The average molecular weight is 385 g/mol. The first-order valence-electron chi connectivity index (χ1n) is 7.64. The highest BCUT2D eigenvalue weighted by molar-refractivity contribution is 7.89. The maximum atomic E-state index is 13.2. The van der Waals surface area contributed by atoms with Gasteiger partial charge in [0.05, 0.1) is 10.5 Å². The van der Waals surface area contributed by atoms with E-state index in [4.69, 9.17) is 11.6 Å². The zero-order valence-electron chi connectivity index (χ0n) is 13.5. The lowest BCUT2D eigenvalue weighted by molar-refractivity contribution is -0.139. The Balaban J connectivity index is 2.34. The smallest absolute Gasteiger partial charge is 0.303 e. The summed E-state index contributed by atoms with van der Waals surface area (Å²) in [5.41, 5.74) is -1.23. The van der Waals surface area contributed by atoms with Crippen molar-refractivity contribution < 1.29 is 21.6 Å². The molecule has 1 heterocycles. The van der Waals surface area contributed by atoms with E-state index in [-0.39, 0.29) is 11.1 Å². The van der Waals surface area contributed by atoms with E-state index < -0.39 is 26.7 Å². The number of nitrogens with zero attached hydrogens (tertiary/aromatic N) is 2. The molecule has 0 N–H and O–H groups in total. The predicted molar refractivity (Wildman–Crippen MR) is 86.5 cm³/mol. The molecule has 2 rings (SSSR count). The normalized spacial score (nSPS) is 18.3. The number of hydrogen-bond acceptors (Lipinski definition) is 3. The molecular formula is C15H20ClF3N2O2S. The zero-order chi connectivity index (χ0) is 18.1. The fourth-order valence-corrected chi connectivity index (χ4v) is 4.68. The first-order valence-corrected chi connectivity index (χ1v) is 9.46. The second kappa shape index (κ2) is 7.19. The van der Waals surface area contributed by atoms with Gasteiger partial charge < -0.3 is 4.90 Å². The van der Waals surface area contributed by atoms with Crippen molar-refractivity contribution in [3.63, 3.8) is 0 Å². The number of likely N-dealkylation sites (tertiary alicyclic amines) is 1. The van der Waals surface area contributed by atoms with Gasteiger partial charge in [0, 0.05) is 18.1 Å². The molecule has 0 amide bonds. The third kappa shape index (κ3) is 4.04. The highest BCUT2D eigenvalue weighted by Crippen LogP contribution is 2.37. The van der Waals surface area contributed by atoms with Gasteiger partial charge in [-0.3, -0.25) is 0 Å². The van der Waals surface area contributed by atoms with Crippen LogP contribution in [-0.2, 0) is 16.2 Å². The first-order chi connectivity index (χ1) is 11.1. The highest BCUT2D eigenvalue weighted by atomic mass is 35.5. The molecule has 1 aromatic rings. The van der Waals surface area contributed by atoms with E-state index in [2.05, 4.69) is 4.90 Å². The molecule has 1 aromatic carbocycles. The summed E-state index contributed by atoms with van der Waals surface area (Å²) in [5, 5.41) is -0.153. The summed E-state index contributed by atoms with van der Waals surface area (Å²) in [5.74, 6) is 0. The molecule has 0 spiro atoms. The summed E-state index contributed by atoms with van der Waals surface area (Å²) in [6, 6.07) is 2.44. The Morgan fingerprint density at radius 3 is 2.38 bits per heavy atom. The predicted octanol–water partition coefficient (Wildman–Crippen LogP) is 3.46. The van der Waals surface area contributed by atoms with Crippen molar-refractivity contribution in [2.75, 3.05) is 26.7 Å². The van der Waals surface area contributed by atoms with Crippen LogP contribution in [0.3, 0.4) is 0 Å². The van der Waals surface area contributed by atoms with Gasteiger partial charge in [-0.15, -0.1) is 0 Å². The number of rotatable bonds is 4. The summed E-state index contributed by atoms with van der Waals surface area (Å²) in [6.45, 7) is 4.35. The molecule has 0 bridgehead atoms. The second-order valence-electron chi connectivity index (χ2n) is 5.82. The van der Waals surface area contributed by atoms with E-state index in [9.17, 15) is 21.6 Å². The lowest BCUT2D eigenvalue weighted by Crippen LogP contribution is -2.45. The topological polar surface area (TPSA) is 40.6 Å². The van der Waals surface area contributed by atoms with Gasteiger partial charge in [-0.2, -0.15) is 17.5 Å². The summed E-state index contributed by atoms with van der Waals surface area (Å²) >= 11 is 5.62. The van der Waals surface area contributed by atoms with Crippen molar-refractivity contribution >= 4 is 21.6 Å². The van der Waals surface area contributed by atoms with Gasteiger partial charge in [-0.1, -0.05) is 18.5 Å². The van der Waals surface area contributed by atoms with Gasteiger partial charge in [0.1, 0.15) is 0 Å². The summed E-state index contributed by atoms with van der Waals surface area (Å²) in [6.07, 6.45) is -3.60. The van der Waals surface area contributed by atoms with Crippen LogP contribution in [0.25, 0.3) is 0 Å². The molecule has 0 aromatic heterocycles. The van der Waals surface area contributed by atoms with Crippen LogP contribution in [0, 0.1) is 0 Å². The molecule has 1 aliphatic heterocycles. The summed E-state index contributed by atoms with van der Waals surface area (Å²) in [4.78, 5) is 1.43. The molecule has 1 fully saturated rings. The van der Waals surface area contributed by atoms with E-state index in [0.29, 0.717) is 18.9 Å². The van der Waals surface area contributed by atoms with E-state index in [1.807, 2.05) is 6.92 Å². The number of piperidine rings is 1. The second-order valence-corrected chi connectivity index (χ2v) is 8.23. The van der Waals surface area contributed by atoms with Crippen LogP contribution in [0.15, 0.2) is 23.1 Å². The Hall–Kier alpha value is -0.830. The van der Waals surface area contributed by atoms with Crippen molar-refractivity contribution in [1.29, 1.82) is 0 Å². The van der Waals surface area contributed by atoms with Gasteiger partial charge in [0.25, 0.3) is 0 Å². The molecule has 24 heavy (non-hydrogen) atoms. The molecular weight excluding hydrogens is 365 g/mol. The van der Waals surface area contributed by atoms with Gasteiger partial charge in [-0.25, -0.2) is 8.42 Å². The van der Waals surface area contributed by atoms with Crippen LogP contribution in [0.4, 0.5) is 13.2 Å². The SMILES string of the molecule is CCN1CCC(N(C)S(=O)(=O)c2ccc(Cl)cc2C(F)(F)F)CC1. The minimum Gasteiger partial charge on any atom is -0.303 e. The van der Waals surface area contributed by atoms with Gasteiger partial charge in [-0.05, 0) is 50.7 Å². The van der Waals surface area contributed by atoms with Crippen molar-refractivity contribution in [3.05, 3.63) is 28.8 Å². The molecule has 9 heteroatoms. The fourth-order valence-electron chi connectivity index (χ4n) is 2.90. The largest absolute Gasteiger partial charge is 0.417 e. The molecule has 1 aliphatic rings. The molecule has 0 radical (unpaired) electrons. The lowest BCUT2D eigenvalue weighted by Gasteiger charge is -2.35. The van der Waals surface area contributed by atoms with Crippen molar-refractivity contribution in [2.45, 2.75) is 36.9 Å². The van der Waals surface area contributed by atoms with Crippen LogP contribution in [0.1, 0.15) is 25.3 Å². The Morgan fingerprint density at radius 2 is 1.88 bits per heavy atom. The Kier molecular flexibility index (Phi) is 5.84. The molecule has 0 unspecified atom stereocenters. The maximum Gasteiger partial charge on any atom is 0.417 e. The van der Waals surface area contributed by atoms with E-state index in [1.54, 1.807) is 0 Å². The van der Waals surface area contributed by atoms with E-state index in [0.717, 1.165) is 36.1 Å². The van der Waals surface area contributed by atoms with Crippen LogP contribution >= 0.6 is 11.6 Å². The minimum absolute atomic E-state index is 0.153. The van der Waals surface area contributed by atoms with Crippen LogP contribution in [0.2, 0.25) is 5.02 Å². The number of alkyl halides is 3. The number of benzene rings is 1. The molecule has 136 valence electrons. The Bertz CT molecular complexity index is 686. The van der Waals surface area contributed by atoms with Crippen molar-refractivity contribution in [3.8, 4) is 0 Å². The Labute approximate surface area is 145 Å². The first kappa shape index (κ1) is 19.5. The van der Waals surface area contributed by atoms with Gasteiger partial charge in [0.2, 0.25) is 10.0 Å². The number of halogens is 4. The van der Waals surface area contributed by atoms with Crippen LogP contribution < -0.4 is 0 Å². The van der Waals surface area contributed by atoms with Crippen LogP contribution in [-0.4, -0.2) is 50.3 Å². The molecule has 0 atom stereocenters. The van der Waals surface area contributed by atoms with E-state index in [1.165, 1.54) is 7.05 Å². The zero-order valence-corrected chi connectivity index (χ0v) is 15.0. The summed E-state index contributed by atoms with van der Waals surface area (Å²) in [7, 11) is -2.91. The third-order valence-corrected chi connectivity index (χ3v) is 6.63. The molecule has 0 saturated carbocycles. The molecule has 0 aliphatic carbocycles. The van der Waals surface area contributed by atoms with Crippen molar-refractivity contribution in [1.82, 2.24) is 9.21 Å². The highest BCUT2D eigenvalue weighted by Gasteiger charge is 2.40. The van der Waals surface area contributed by atoms with E-state index >= 15 is 0 Å². The molecule has 1 saturated heterocycles.